The molecule has 0 aliphatic carbocycles. The molecule has 0 bridgehead atoms. The van der Waals surface area contributed by atoms with Crippen molar-refractivity contribution in [2.45, 2.75) is 91.4 Å². The first-order valence-corrected chi connectivity index (χ1v) is 10.4. The summed E-state index contributed by atoms with van der Waals surface area (Å²) in [7, 11) is -4.67. The molecule has 0 aliphatic rings. The summed E-state index contributed by atoms with van der Waals surface area (Å²) in [5, 5.41) is 8.95. The first-order valence-electron chi connectivity index (χ1n) is 9.01. The normalized spacial score (nSPS) is 14.0. The Morgan fingerprint density at radius 3 is 1.52 bits per heavy atom. The highest BCUT2D eigenvalue weighted by molar-refractivity contribution is 7.79. The summed E-state index contributed by atoms with van der Waals surface area (Å²) < 4.78 is 31.6. The third kappa shape index (κ3) is 30.3. The summed E-state index contributed by atoms with van der Waals surface area (Å²) in [6, 6.07) is 0. The number of hydrogen-bond acceptors (Lipinski definition) is 3. The number of rotatable bonds is 13. The zero-order valence-electron chi connectivity index (χ0n) is 15.2. The van der Waals surface area contributed by atoms with Crippen LogP contribution in [-0.2, 0) is 10.4 Å². The molecule has 0 fully saturated rings. The predicted octanol–water partition coefficient (Wildman–Crippen LogP) is 4.91. The van der Waals surface area contributed by atoms with Crippen LogP contribution < -0.4 is 0 Å². The van der Waals surface area contributed by atoms with E-state index in [4.69, 9.17) is 22.6 Å². The second kappa shape index (κ2) is 16.7. The van der Waals surface area contributed by atoms with Crippen molar-refractivity contribution in [2.75, 3.05) is 6.61 Å². The van der Waals surface area contributed by atoms with E-state index in [-0.39, 0.29) is 0 Å². The van der Waals surface area contributed by atoms with Crippen LogP contribution in [-0.4, -0.2) is 29.2 Å². The first-order chi connectivity index (χ1) is 10.7. The average molecular weight is 355 g/mol. The van der Waals surface area contributed by atoms with Gasteiger partial charge in [0.05, 0.1) is 0 Å². The predicted molar refractivity (Wildman–Crippen MR) is 96.1 cm³/mol. The monoisotopic (exact) mass is 354 g/mol. The van der Waals surface area contributed by atoms with Crippen molar-refractivity contribution in [1.29, 1.82) is 0 Å². The minimum Gasteiger partial charge on any atom is -0.396 e. The summed E-state index contributed by atoms with van der Waals surface area (Å²) in [4.78, 5) is 0. The highest BCUT2D eigenvalue weighted by Crippen LogP contribution is 2.18. The molecule has 0 rings (SSSR count). The Hall–Kier alpha value is -0.170. The molecule has 2 atom stereocenters. The molecular weight excluding hydrogens is 316 g/mol. The lowest BCUT2D eigenvalue weighted by atomic mass is 9.95. The van der Waals surface area contributed by atoms with Gasteiger partial charge in [0.25, 0.3) is 0 Å². The van der Waals surface area contributed by atoms with Gasteiger partial charge >= 0.3 is 10.4 Å². The summed E-state index contributed by atoms with van der Waals surface area (Å²) >= 11 is 0. The van der Waals surface area contributed by atoms with Gasteiger partial charge < -0.3 is 5.11 Å². The molecule has 23 heavy (non-hydrogen) atoms. The Morgan fingerprint density at radius 2 is 1.09 bits per heavy atom. The lowest BCUT2D eigenvalue weighted by molar-refractivity contribution is 0.226. The molecular formula is C17H38O5S. The molecule has 6 heteroatoms. The third-order valence-electron chi connectivity index (χ3n) is 4.01. The van der Waals surface area contributed by atoms with E-state index in [2.05, 4.69) is 20.8 Å². The zero-order valence-corrected chi connectivity index (χ0v) is 16.0. The molecule has 0 saturated heterocycles. The van der Waals surface area contributed by atoms with E-state index in [1.807, 2.05) is 0 Å². The number of aliphatic hydroxyl groups is 1. The van der Waals surface area contributed by atoms with Gasteiger partial charge in [0.2, 0.25) is 0 Å². The largest absolute Gasteiger partial charge is 0.396 e. The smallest absolute Gasteiger partial charge is 0.394 e. The molecule has 3 N–H and O–H groups in total. The Labute approximate surface area is 143 Å². The van der Waals surface area contributed by atoms with E-state index in [0.29, 0.717) is 12.5 Å². The summed E-state index contributed by atoms with van der Waals surface area (Å²) in [5.41, 5.74) is 0. The molecule has 0 saturated carbocycles. The van der Waals surface area contributed by atoms with Crippen molar-refractivity contribution in [1.82, 2.24) is 0 Å². The third-order valence-corrected chi connectivity index (χ3v) is 4.01. The van der Waals surface area contributed by atoms with Gasteiger partial charge in [-0.3, -0.25) is 9.11 Å². The molecule has 0 aromatic carbocycles. The van der Waals surface area contributed by atoms with Gasteiger partial charge in [-0.15, -0.1) is 0 Å². The summed E-state index contributed by atoms with van der Waals surface area (Å²) in [5.74, 6) is 1.40. The van der Waals surface area contributed by atoms with Crippen molar-refractivity contribution in [3.05, 3.63) is 0 Å². The lowest BCUT2D eigenvalue weighted by Crippen LogP contribution is -2.01. The Balaban J connectivity index is 0. The maximum absolute atomic E-state index is 8.95. The molecule has 5 nitrogen and oxygen atoms in total. The lowest BCUT2D eigenvalue weighted by Gasteiger charge is -2.12. The fourth-order valence-electron chi connectivity index (χ4n) is 2.49. The van der Waals surface area contributed by atoms with Gasteiger partial charge in [0.15, 0.2) is 0 Å². The number of aliphatic hydroxyl groups excluding tert-OH is 1. The first kappa shape index (κ1) is 25.1. The molecule has 142 valence electrons. The highest BCUT2D eigenvalue weighted by Gasteiger charge is 2.04. The van der Waals surface area contributed by atoms with Crippen LogP contribution in [0.1, 0.15) is 91.4 Å². The second-order valence-corrected chi connectivity index (χ2v) is 7.58. The van der Waals surface area contributed by atoms with Crippen LogP contribution in [0.5, 0.6) is 0 Å². The average Bonchev–Trinajstić information content (AvgIpc) is 2.45. The van der Waals surface area contributed by atoms with Crippen LogP contribution in [0.2, 0.25) is 0 Å². The molecule has 0 spiro atoms. The molecule has 2 unspecified atom stereocenters. The minimum absolute atomic E-state index is 0.354. The molecule has 0 aromatic heterocycles. The summed E-state index contributed by atoms with van der Waals surface area (Å²) in [6.45, 7) is 7.17. The highest BCUT2D eigenvalue weighted by atomic mass is 32.3. The molecule has 0 aliphatic heterocycles. The maximum Gasteiger partial charge on any atom is 0.394 e. The fraction of sp³-hybridized carbons (Fsp3) is 1.00. The van der Waals surface area contributed by atoms with Gasteiger partial charge in [-0.2, -0.15) is 8.42 Å². The van der Waals surface area contributed by atoms with Crippen LogP contribution in [0.4, 0.5) is 0 Å². The molecule has 0 heterocycles. The van der Waals surface area contributed by atoms with Gasteiger partial charge in [-0.25, -0.2) is 0 Å². The van der Waals surface area contributed by atoms with Gasteiger partial charge in [0.1, 0.15) is 0 Å². The van der Waals surface area contributed by atoms with Gasteiger partial charge in [0, 0.05) is 6.61 Å². The number of hydrogen-bond donors (Lipinski definition) is 3. The van der Waals surface area contributed by atoms with Crippen molar-refractivity contribution >= 4 is 10.4 Å². The SMILES string of the molecule is CCCCCCCCC(C)CCCCC(C)CO.O=S(=O)(O)O. The molecule has 0 aromatic rings. The Morgan fingerprint density at radius 1 is 0.739 bits per heavy atom. The van der Waals surface area contributed by atoms with E-state index >= 15 is 0 Å². The van der Waals surface area contributed by atoms with Crippen molar-refractivity contribution in [3.63, 3.8) is 0 Å². The molecule has 0 radical (unpaired) electrons. The van der Waals surface area contributed by atoms with Crippen LogP contribution in [0.15, 0.2) is 0 Å². The van der Waals surface area contributed by atoms with E-state index in [1.54, 1.807) is 0 Å². The van der Waals surface area contributed by atoms with E-state index in [0.717, 1.165) is 5.92 Å². The number of unbranched alkanes of at least 4 members (excludes halogenated alkanes) is 6. The van der Waals surface area contributed by atoms with E-state index in [1.165, 1.54) is 70.6 Å². The standard InChI is InChI=1S/C17H36O.H2O4S/c1-4-5-6-7-8-9-12-16(2)13-10-11-14-17(3)15-18;1-5(2,3)4/h16-18H,4-15H2,1-3H3;(H2,1,2,3,4). The fourth-order valence-corrected chi connectivity index (χ4v) is 2.49. The maximum atomic E-state index is 8.95. The topological polar surface area (TPSA) is 94.8 Å². The second-order valence-electron chi connectivity index (χ2n) is 6.68. The van der Waals surface area contributed by atoms with E-state index < -0.39 is 10.4 Å². The van der Waals surface area contributed by atoms with E-state index in [9.17, 15) is 0 Å². The van der Waals surface area contributed by atoms with Crippen molar-refractivity contribution < 1.29 is 22.6 Å². The van der Waals surface area contributed by atoms with Crippen LogP contribution in [0, 0.1) is 11.8 Å². The van der Waals surface area contributed by atoms with Gasteiger partial charge in [-0.05, 0) is 18.3 Å². The van der Waals surface area contributed by atoms with Crippen LogP contribution in [0.25, 0.3) is 0 Å². The van der Waals surface area contributed by atoms with Crippen molar-refractivity contribution in [3.8, 4) is 0 Å². The van der Waals surface area contributed by atoms with Crippen LogP contribution >= 0.6 is 0 Å². The van der Waals surface area contributed by atoms with Crippen molar-refractivity contribution in [2.24, 2.45) is 11.8 Å². The van der Waals surface area contributed by atoms with Gasteiger partial charge in [-0.1, -0.05) is 85.0 Å². The zero-order chi connectivity index (χ0) is 18.1. The molecule has 0 amide bonds. The summed E-state index contributed by atoms with van der Waals surface area (Å²) in [6.07, 6.45) is 15.1. The Bertz CT molecular complexity index is 322. The van der Waals surface area contributed by atoms with Crippen LogP contribution in [0.3, 0.4) is 0 Å². The minimum atomic E-state index is -4.67. The quantitative estimate of drug-likeness (QED) is 0.323. The Kier molecular flexibility index (Phi) is 18.2.